The van der Waals surface area contributed by atoms with Crippen LogP contribution in [0.3, 0.4) is 0 Å². The van der Waals surface area contributed by atoms with Gasteiger partial charge in [0.1, 0.15) is 0 Å². The molecule has 1 aromatic rings. The molecule has 0 radical (unpaired) electrons. The number of halogens is 2. The van der Waals surface area contributed by atoms with Gasteiger partial charge in [-0.2, -0.15) is 0 Å². The minimum absolute atomic E-state index is 0.0992. The average molecular weight is 229 g/mol. The highest BCUT2D eigenvalue weighted by Gasteiger charge is 2.30. The highest BCUT2D eigenvalue weighted by molar-refractivity contribution is 5.28. The van der Waals surface area contributed by atoms with Crippen molar-refractivity contribution in [3.63, 3.8) is 0 Å². The van der Waals surface area contributed by atoms with Crippen LogP contribution in [0.4, 0.5) is 8.78 Å². The Balaban J connectivity index is 3.20. The van der Waals surface area contributed by atoms with E-state index < -0.39 is 23.1 Å². The average Bonchev–Trinajstić information content (AvgIpc) is 2.25. The molecule has 1 aromatic carbocycles. The van der Waals surface area contributed by atoms with Crippen LogP contribution in [0.15, 0.2) is 12.1 Å². The Morgan fingerprint density at radius 2 is 1.88 bits per heavy atom. The summed E-state index contributed by atoms with van der Waals surface area (Å²) >= 11 is 0. The van der Waals surface area contributed by atoms with Crippen LogP contribution in [0.1, 0.15) is 31.0 Å². The van der Waals surface area contributed by atoms with Crippen LogP contribution in [0.2, 0.25) is 0 Å². The van der Waals surface area contributed by atoms with Crippen LogP contribution in [0, 0.1) is 24.0 Å². The smallest absolute Gasteiger partial charge is 0.163 e. The van der Waals surface area contributed by atoms with Gasteiger partial charge in [-0.25, -0.2) is 8.78 Å². The third-order valence-electron chi connectivity index (χ3n) is 2.89. The van der Waals surface area contributed by atoms with Gasteiger partial charge in [-0.3, -0.25) is 0 Å². The van der Waals surface area contributed by atoms with Crippen molar-refractivity contribution < 1.29 is 13.9 Å². The molecule has 0 aromatic heterocycles. The lowest BCUT2D eigenvalue weighted by Crippen LogP contribution is -2.33. The van der Waals surface area contributed by atoms with Crippen molar-refractivity contribution in [1.82, 2.24) is 0 Å². The third-order valence-corrected chi connectivity index (χ3v) is 2.89. The summed E-state index contributed by atoms with van der Waals surface area (Å²) in [5.74, 6) is -1.80. The van der Waals surface area contributed by atoms with E-state index in [1.165, 1.54) is 19.1 Å². The number of aryl methyl sites for hydroxylation is 1. The monoisotopic (exact) mass is 229 g/mol. The summed E-state index contributed by atoms with van der Waals surface area (Å²) in [4.78, 5) is 0. The van der Waals surface area contributed by atoms with Gasteiger partial charge >= 0.3 is 0 Å². The van der Waals surface area contributed by atoms with Gasteiger partial charge in [0.25, 0.3) is 0 Å². The van der Waals surface area contributed by atoms with Crippen molar-refractivity contribution >= 4 is 0 Å². The van der Waals surface area contributed by atoms with E-state index in [0.29, 0.717) is 0 Å². The number of rotatable bonds is 3. The fourth-order valence-electron chi connectivity index (χ4n) is 1.42. The number of aliphatic hydroxyl groups excluding tert-OH is 1. The van der Waals surface area contributed by atoms with Gasteiger partial charge in [-0.15, -0.1) is 0 Å². The molecule has 0 amide bonds. The lowest BCUT2D eigenvalue weighted by Gasteiger charge is -2.30. The van der Waals surface area contributed by atoms with Crippen molar-refractivity contribution in [1.29, 1.82) is 0 Å². The molecule has 90 valence electrons. The Morgan fingerprint density at radius 3 is 2.38 bits per heavy atom. The Hall–Kier alpha value is -1.00. The third kappa shape index (κ3) is 2.23. The van der Waals surface area contributed by atoms with Gasteiger partial charge in [0.2, 0.25) is 0 Å². The summed E-state index contributed by atoms with van der Waals surface area (Å²) in [5.41, 5.74) is 5.49. The molecule has 3 N–H and O–H groups in total. The molecular weight excluding hydrogens is 212 g/mol. The molecule has 4 heteroatoms. The standard InChI is InChI=1S/C12H17F2NO/c1-7-4-5-8(10(14)9(7)13)11(15)12(2,3)6-16/h4-5,11,16H,6,15H2,1-3H3/t11-/m0/s1. The van der Waals surface area contributed by atoms with Crippen LogP contribution < -0.4 is 5.73 Å². The molecule has 0 saturated heterocycles. The maximum atomic E-state index is 13.6. The van der Waals surface area contributed by atoms with Crippen LogP contribution >= 0.6 is 0 Å². The number of aliphatic hydroxyl groups is 1. The maximum Gasteiger partial charge on any atom is 0.163 e. The highest BCUT2D eigenvalue weighted by Crippen LogP contribution is 2.33. The molecule has 0 spiro atoms. The molecule has 1 atom stereocenters. The molecule has 0 heterocycles. The van der Waals surface area contributed by atoms with Gasteiger partial charge in [0.05, 0.1) is 0 Å². The predicted molar refractivity (Wildman–Crippen MR) is 58.9 cm³/mol. The molecule has 0 aliphatic rings. The summed E-state index contributed by atoms with van der Waals surface area (Å²) in [6, 6.07) is 2.21. The first-order valence-electron chi connectivity index (χ1n) is 5.12. The van der Waals surface area contributed by atoms with E-state index in [-0.39, 0.29) is 17.7 Å². The summed E-state index contributed by atoms with van der Waals surface area (Å²) in [7, 11) is 0. The number of hydrogen-bond acceptors (Lipinski definition) is 2. The second-order valence-electron chi connectivity index (χ2n) is 4.72. The normalized spacial score (nSPS) is 13.9. The van der Waals surface area contributed by atoms with Crippen LogP contribution in [0.5, 0.6) is 0 Å². The van der Waals surface area contributed by atoms with Crippen molar-refractivity contribution in [2.45, 2.75) is 26.8 Å². The Kier molecular flexibility index (Phi) is 3.65. The number of hydrogen-bond donors (Lipinski definition) is 2. The molecule has 1 rings (SSSR count). The summed E-state index contributed by atoms with van der Waals surface area (Å²) < 4.78 is 27.0. The minimum atomic E-state index is -0.922. The van der Waals surface area contributed by atoms with Crippen LogP contribution in [-0.4, -0.2) is 11.7 Å². The largest absolute Gasteiger partial charge is 0.396 e. The SMILES string of the molecule is Cc1ccc([C@H](N)C(C)(C)CO)c(F)c1F. The van der Waals surface area contributed by atoms with Gasteiger partial charge in [0.15, 0.2) is 11.6 Å². The molecule has 2 nitrogen and oxygen atoms in total. The zero-order valence-corrected chi connectivity index (χ0v) is 9.72. The van der Waals surface area contributed by atoms with Crippen molar-refractivity contribution in [2.75, 3.05) is 6.61 Å². The topological polar surface area (TPSA) is 46.2 Å². The molecule has 0 fully saturated rings. The molecule has 0 bridgehead atoms. The second-order valence-corrected chi connectivity index (χ2v) is 4.72. The van der Waals surface area contributed by atoms with E-state index in [0.717, 1.165) is 0 Å². The summed E-state index contributed by atoms with van der Waals surface area (Å²) in [6.45, 7) is 4.71. The van der Waals surface area contributed by atoms with E-state index >= 15 is 0 Å². The first-order valence-corrected chi connectivity index (χ1v) is 5.12. The molecular formula is C12H17F2NO. The van der Waals surface area contributed by atoms with E-state index in [4.69, 9.17) is 10.8 Å². The van der Waals surface area contributed by atoms with E-state index in [1.54, 1.807) is 13.8 Å². The van der Waals surface area contributed by atoms with Crippen molar-refractivity contribution in [2.24, 2.45) is 11.1 Å². The summed E-state index contributed by atoms with van der Waals surface area (Å²) in [5, 5.41) is 9.14. The number of benzene rings is 1. The fraction of sp³-hybridized carbons (Fsp3) is 0.500. The van der Waals surface area contributed by atoms with Gasteiger partial charge in [-0.05, 0) is 12.5 Å². The second kappa shape index (κ2) is 4.47. The zero-order valence-electron chi connectivity index (χ0n) is 9.72. The fourth-order valence-corrected chi connectivity index (χ4v) is 1.42. The van der Waals surface area contributed by atoms with E-state index in [1.807, 2.05) is 0 Å². The Bertz CT molecular complexity index is 391. The number of nitrogens with two attached hydrogens (primary N) is 1. The van der Waals surface area contributed by atoms with E-state index in [2.05, 4.69) is 0 Å². The molecule has 0 unspecified atom stereocenters. The Labute approximate surface area is 94.1 Å². The minimum Gasteiger partial charge on any atom is -0.396 e. The lowest BCUT2D eigenvalue weighted by atomic mass is 9.81. The molecule has 16 heavy (non-hydrogen) atoms. The first kappa shape index (κ1) is 13.1. The molecule has 0 saturated carbocycles. The first-order chi connectivity index (χ1) is 7.31. The van der Waals surface area contributed by atoms with Gasteiger partial charge < -0.3 is 10.8 Å². The lowest BCUT2D eigenvalue weighted by molar-refractivity contribution is 0.130. The van der Waals surface area contributed by atoms with Gasteiger partial charge in [0, 0.05) is 23.6 Å². The zero-order chi connectivity index (χ0) is 12.5. The predicted octanol–water partition coefficient (Wildman–Crippen LogP) is 2.29. The van der Waals surface area contributed by atoms with Gasteiger partial charge in [-0.1, -0.05) is 26.0 Å². The van der Waals surface area contributed by atoms with Crippen LogP contribution in [-0.2, 0) is 0 Å². The van der Waals surface area contributed by atoms with Crippen LogP contribution in [0.25, 0.3) is 0 Å². The molecule has 0 aliphatic heterocycles. The van der Waals surface area contributed by atoms with Crippen molar-refractivity contribution in [3.8, 4) is 0 Å². The summed E-state index contributed by atoms with van der Waals surface area (Å²) in [6.07, 6.45) is 0. The van der Waals surface area contributed by atoms with Crippen molar-refractivity contribution in [3.05, 3.63) is 34.9 Å². The Morgan fingerprint density at radius 1 is 1.31 bits per heavy atom. The maximum absolute atomic E-state index is 13.6. The molecule has 0 aliphatic carbocycles. The quantitative estimate of drug-likeness (QED) is 0.835. The highest BCUT2D eigenvalue weighted by atomic mass is 19.2. The van der Waals surface area contributed by atoms with E-state index in [9.17, 15) is 8.78 Å².